The van der Waals surface area contributed by atoms with Crippen LogP contribution in [0.2, 0.25) is 0 Å². The quantitative estimate of drug-likeness (QED) is 0.826. The smallest absolute Gasteiger partial charge is 0.125 e. The molecule has 3 heteroatoms. The summed E-state index contributed by atoms with van der Waals surface area (Å²) in [6.45, 7) is 0.0202. The summed E-state index contributed by atoms with van der Waals surface area (Å²) in [5, 5.41) is 11.9. The van der Waals surface area contributed by atoms with Gasteiger partial charge in [-0.15, -0.1) is 0 Å². The molecule has 0 aliphatic heterocycles. The molecule has 0 spiro atoms. The lowest BCUT2D eigenvalue weighted by atomic mass is 10.2. The van der Waals surface area contributed by atoms with E-state index in [1.807, 2.05) is 24.3 Å². The van der Waals surface area contributed by atoms with E-state index in [2.05, 4.69) is 11.4 Å². The zero-order chi connectivity index (χ0) is 11.4. The van der Waals surface area contributed by atoms with E-state index in [-0.39, 0.29) is 12.4 Å². The molecule has 2 aromatic rings. The molecule has 16 heavy (non-hydrogen) atoms. The maximum Gasteiger partial charge on any atom is 0.125 e. The van der Waals surface area contributed by atoms with Crippen LogP contribution >= 0.6 is 0 Å². The molecule has 0 aromatic heterocycles. The molecule has 2 aromatic carbocycles. The average molecular weight is 216 g/mol. The number of hydrogen-bond acceptors (Lipinski definition) is 2. The molecule has 0 bridgehead atoms. The van der Waals surface area contributed by atoms with Gasteiger partial charge in [-0.25, -0.2) is 4.39 Å². The van der Waals surface area contributed by atoms with Crippen molar-refractivity contribution in [2.75, 3.05) is 5.32 Å². The Morgan fingerprint density at radius 1 is 1.19 bits per heavy atom. The van der Waals surface area contributed by atoms with Gasteiger partial charge in [0.05, 0.1) is 6.61 Å². The maximum atomic E-state index is 12.9. The molecular weight excluding hydrogens is 205 g/mol. The molecule has 2 nitrogen and oxygen atoms in total. The zero-order valence-electron chi connectivity index (χ0n) is 8.57. The van der Waals surface area contributed by atoms with Gasteiger partial charge in [-0.3, -0.25) is 0 Å². The number of benzene rings is 2. The molecule has 0 fully saturated rings. The van der Waals surface area contributed by atoms with E-state index < -0.39 is 0 Å². The SMILES string of the molecule is OCc1ccc(Nc2[c]ccc(F)c2)cc1. The highest BCUT2D eigenvalue weighted by atomic mass is 19.1. The fourth-order valence-electron chi connectivity index (χ4n) is 1.36. The van der Waals surface area contributed by atoms with E-state index in [0.717, 1.165) is 11.3 Å². The summed E-state index contributed by atoms with van der Waals surface area (Å²) in [6.07, 6.45) is 0. The summed E-state index contributed by atoms with van der Waals surface area (Å²) in [5.41, 5.74) is 2.25. The van der Waals surface area contributed by atoms with Crippen molar-refractivity contribution < 1.29 is 9.50 Å². The van der Waals surface area contributed by atoms with Gasteiger partial charge in [0, 0.05) is 17.4 Å². The number of nitrogens with one attached hydrogen (secondary N) is 1. The fourth-order valence-corrected chi connectivity index (χ4v) is 1.36. The highest BCUT2D eigenvalue weighted by molar-refractivity contribution is 5.59. The Labute approximate surface area is 93.4 Å². The summed E-state index contributed by atoms with van der Waals surface area (Å²) in [7, 11) is 0. The van der Waals surface area contributed by atoms with Gasteiger partial charge in [-0.05, 0) is 35.9 Å². The van der Waals surface area contributed by atoms with Crippen molar-refractivity contribution >= 4 is 11.4 Å². The van der Waals surface area contributed by atoms with Gasteiger partial charge in [0.15, 0.2) is 0 Å². The van der Waals surface area contributed by atoms with Crippen molar-refractivity contribution in [1.82, 2.24) is 0 Å². The van der Waals surface area contributed by atoms with Crippen LogP contribution in [0.15, 0.2) is 42.5 Å². The highest BCUT2D eigenvalue weighted by Crippen LogP contribution is 2.17. The lowest BCUT2D eigenvalue weighted by Gasteiger charge is -2.06. The van der Waals surface area contributed by atoms with E-state index in [1.54, 1.807) is 0 Å². The monoisotopic (exact) mass is 216 g/mol. The van der Waals surface area contributed by atoms with Crippen LogP contribution in [0.4, 0.5) is 15.8 Å². The number of aliphatic hydroxyl groups is 1. The molecule has 2 N–H and O–H groups in total. The molecule has 2 rings (SSSR count). The van der Waals surface area contributed by atoms with Crippen LogP contribution in [-0.4, -0.2) is 5.11 Å². The lowest BCUT2D eigenvalue weighted by molar-refractivity contribution is 0.282. The van der Waals surface area contributed by atoms with Gasteiger partial charge in [0.25, 0.3) is 0 Å². The third kappa shape index (κ3) is 2.58. The van der Waals surface area contributed by atoms with Crippen LogP contribution in [0, 0.1) is 11.9 Å². The van der Waals surface area contributed by atoms with Crippen molar-refractivity contribution in [3.63, 3.8) is 0 Å². The Bertz CT molecular complexity index is 468. The molecule has 0 aliphatic carbocycles. The molecule has 0 heterocycles. The summed E-state index contributed by atoms with van der Waals surface area (Å²) in [4.78, 5) is 0. The topological polar surface area (TPSA) is 32.3 Å². The van der Waals surface area contributed by atoms with Gasteiger partial charge >= 0.3 is 0 Å². The van der Waals surface area contributed by atoms with Crippen LogP contribution in [0.1, 0.15) is 5.56 Å². The average Bonchev–Trinajstić information content (AvgIpc) is 2.30. The first-order valence-corrected chi connectivity index (χ1v) is 4.92. The van der Waals surface area contributed by atoms with Crippen LogP contribution in [0.5, 0.6) is 0 Å². The Hall–Kier alpha value is -1.87. The summed E-state index contributed by atoms with van der Waals surface area (Å²) >= 11 is 0. The van der Waals surface area contributed by atoms with Crippen LogP contribution in [-0.2, 0) is 6.61 Å². The second-order valence-electron chi connectivity index (χ2n) is 3.40. The van der Waals surface area contributed by atoms with Crippen molar-refractivity contribution in [3.05, 3.63) is 59.9 Å². The molecule has 0 aliphatic rings. The first-order valence-electron chi connectivity index (χ1n) is 4.92. The summed E-state index contributed by atoms with van der Waals surface area (Å²) in [6, 6.07) is 14.4. The van der Waals surface area contributed by atoms with Crippen LogP contribution < -0.4 is 5.32 Å². The molecule has 0 amide bonds. The Morgan fingerprint density at radius 3 is 2.56 bits per heavy atom. The standard InChI is InChI=1S/C13H11FNO/c14-11-2-1-3-13(8-11)15-12-6-4-10(9-16)5-7-12/h1-2,4-8,15-16H,9H2. The minimum absolute atomic E-state index is 0.0202. The third-order valence-corrected chi connectivity index (χ3v) is 2.18. The normalized spacial score (nSPS) is 10.1. The third-order valence-electron chi connectivity index (χ3n) is 2.18. The van der Waals surface area contributed by atoms with Crippen molar-refractivity contribution in [3.8, 4) is 0 Å². The van der Waals surface area contributed by atoms with E-state index in [1.165, 1.54) is 18.2 Å². The van der Waals surface area contributed by atoms with E-state index >= 15 is 0 Å². The van der Waals surface area contributed by atoms with E-state index in [4.69, 9.17) is 5.11 Å². The van der Waals surface area contributed by atoms with Gasteiger partial charge in [0.2, 0.25) is 0 Å². The molecule has 1 radical (unpaired) electrons. The van der Waals surface area contributed by atoms with Gasteiger partial charge in [-0.2, -0.15) is 0 Å². The van der Waals surface area contributed by atoms with Crippen LogP contribution in [0.25, 0.3) is 0 Å². The second kappa shape index (κ2) is 4.77. The summed E-state index contributed by atoms with van der Waals surface area (Å²) < 4.78 is 12.9. The zero-order valence-corrected chi connectivity index (χ0v) is 8.57. The Morgan fingerprint density at radius 2 is 1.94 bits per heavy atom. The van der Waals surface area contributed by atoms with Crippen molar-refractivity contribution in [2.45, 2.75) is 6.61 Å². The molecule has 0 saturated carbocycles. The Kier molecular flexibility index (Phi) is 3.17. The first-order chi connectivity index (χ1) is 7.78. The maximum absolute atomic E-state index is 12.9. The molecule has 0 saturated heterocycles. The highest BCUT2D eigenvalue weighted by Gasteiger charge is 1.97. The van der Waals surface area contributed by atoms with E-state index in [0.29, 0.717) is 5.69 Å². The van der Waals surface area contributed by atoms with Gasteiger partial charge in [-0.1, -0.05) is 12.1 Å². The predicted molar refractivity (Wildman–Crippen MR) is 60.9 cm³/mol. The van der Waals surface area contributed by atoms with Gasteiger partial charge in [0.1, 0.15) is 5.82 Å². The minimum atomic E-state index is -0.298. The number of halogens is 1. The van der Waals surface area contributed by atoms with E-state index in [9.17, 15) is 4.39 Å². The summed E-state index contributed by atoms with van der Waals surface area (Å²) in [5.74, 6) is -0.298. The minimum Gasteiger partial charge on any atom is -0.392 e. The number of rotatable bonds is 3. The largest absolute Gasteiger partial charge is 0.392 e. The predicted octanol–water partition coefficient (Wildman–Crippen LogP) is 2.86. The van der Waals surface area contributed by atoms with Crippen molar-refractivity contribution in [2.24, 2.45) is 0 Å². The second-order valence-corrected chi connectivity index (χ2v) is 3.40. The number of anilines is 2. The number of hydrogen-bond donors (Lipinski definition) is 2. The Balaban J connectivity index is 2.14. The molecule has 81 valence electrons. The molecular formula is C13H11FNO. The van der Waals surface area contributed by atoms with Gasteiger partial charge < -0.3 is 10.4 Å². The number of aliphatic hydroxyl groups excluding tert-OH is 1. The molecule has 0 unspecified atom stereocenters. The molecule has 0 atom stereocenters. The first kappa shape index (κ1) is 10.6. The van der Waals surface area contributed by atoms with Crippen LogP contribution in [0.3, 0.4) is 0 Å². The fraction of sp³-hybridized carbons (Fsp3) is 0.0769. The lowest BCUT2D eigenvalue weighted by Crippen LogP contribution is -1.91. The van der Waals surface area contributed by atoms with Crippen molar-refractivity contribution in [1.29, 1.82) is 0 Å².